The van der Waals surface area contributed by atoms with Gasteiger partial charge in [0.05, 0.1) is 36.8 Å². The summed E-state index contributed by atoms with van der Waals surface area (Å²) in [7, 11) is 0. The van der Waals surface area contributed by atoms with E-state index in [2.05, 4.69) is 15.3 Å². The van der Waals surface area contributed by atoms with Crippen molar-refractivity contribution in [3.8, 4) is 5.75 Å². The molecule has 1 aromatic carbocycles. The number of hydrogen-bond acceptors (Lipinski definition) is 8. The van der Waals surface area contributed by atoms with Gasteiger partial charge in [-0.15, -0.1) is 0 Å². The molecule has 0 radical (unpaired) electrons. The highest BCUT2D eigenvalue weighted by molar-refractivity contribution is 6.24. The smallest absolute Gasteiger partial charge is 0.430 e. The highest BCUT2D eigenvalue weighted by atomic mass is 19.4. The summed E-state index contributed by atoms with van der Waals surface area (Å²) in [4.78, 5) is 22.9. The molecule has 1 atom stereocenters. The van der Waals surface area contributed by atoms with Crippen molar-refractivity contribution in [1.29, 1.82) is 0 Å². The van der Waals surface area contributed by atoms with Gasteiger partial charge in [0.25, 0.3) is 5.91 Å². The number of nitrogens with one attached hydrogen (secondary N) is 1. The number of ether oxygens (including phenoxy) is 2. The average Bonchev–Trinajstić information content (AvgIpc) is 3.19. The van der Waals surface area contributed by atoms with E-state index in [9.17, 15) is 23.1 Å². The van der Waals surface area contributed by atoms with Gasteiger partial charge < -0.3 is 30.5 Å². The number of carbonyl (C=O) groups is 1. The molecule has 0 spiro atoms. The topological polar surface area (TPSA) is 123 Å². The largest absolute Gasteiger partial charge is 0.475 e. The number of aliphatic hydroxyl groups excluding tert-OH is 1. The van der Waals surface area contributed by atoms with Gasteiger partial charge in [-0.05, 0) is 12.1 Å². The van der Waals surface area contributed by atoms with Crippen molar-refractivity contribution in [2.45, 2.75) is 18.2 Å². The molecular weight excluding hydrogens is 443 g/mol. The van der Waals surface area contributed by atoms with Gasteiger partial charge in [-0.1, -0.05) is 0 Å². The van der Waals surface area contributed by atoms with Crippen LogP contribution in [0.25, 0.3) is 5.57 Å². The first-order valence-electron chi connectivity index (χ1n) is 10.1. The molecule has 1 aromatic heterocycles. The molecule has 3 heterocycles. The molecule has 4 N–H and O–H groups in total. The Bertz CT molecular complexity index is 1060. The van der Waals surface area contributed by atoms with Crippen molar-refractivity contribution in [3.63, 3.8) is 0 Å². The maximum atomic E-state index is 13.7. The van der Waals surface area contributed by atoms with Crippen molar-refractivity contribution >= 4 is 22.9 Å². The van der Waals surface area contributed by atoms with Crippen LogP contribution in [0.4, 0.5) is 24.5 Å². The number of nitrogens with zero attached hydrogens (tertiary/aromatic N) is 3. The number of benzene rings is 1. The molecule has 2 aliphatic heterocycles. The number of carbonyl (C=O) groups excluding carboxylic acids is 1. The number of rotatable bonds is 5. The number of aromatic nitrogens is 2. The summed E-state index contributed by atoms with van der Waals surface area (Å²) in [5, 5.41) is 12.2. The normalized spacial score (nSPS) is 20.8. The van der Waals surface area contributed by atoms with E-state index in [0.717, 1.165) is 6.20 Å². The van der Waals surface area contributed by atoms with Crippen molar-refractivity contribution < 1.29 is 32.5 Å². The Labute approximate surface area is 187 Å². The summed E-state index contributed by atoms with van der Waals surface area (Å²) >= 11 is 0. The van der Waals surface area contributed by atoms with E-state index in [1.54, 1.807) is 6.07 Å². The van der Waals surface area contributed by atoms with Crippen LogP contribution in [0.15, 0.2) is 36.8 Å². The number of hydrogen-bond donors (Lipinski definition) is 3. The van der Waals surface area contributed by atoms with Crippen LogP contribution in [-0.4, -0.2) is 65.7 Å². The quantitative estimate of drug-likeness (QED) is 0.568. The predicted octanol–water partition coefficient (Wildman–Crippen LogP) is 1.48. The van der Waals surface area contributed by atoms with Crippen LogP contribution < -0.4 is 20.7 Å². The fourth-order valence-electron chi connectivity index (χ4n) is 3.78. The highest BCUT2D eigenvalue weighted by Gasteiger charge is 2.60. The van der Waals surface area contributed by atoms with Gasteiger partial charge in [0.15, 0.2) is 5.82 Å². The minimum absolute atomic E-state index is 0.000252. The minimum atomic E-state index is -4.79. The summed E-state index contributed by atoms with van der Waals surface area (Å²) in [5.41, 5.74) is 3.84. The molecule has 9 nitrogen and oxygen atoms in total. The lowest BCUT2D eigenvalue weighted by Gasteiger charge is -2.31. The summed E-state index contributed by atoms with van der Waals surface area (Å²) in [5.74, 6) is -0.519. The fraction of sp³-hybridized carbons (Fsp3) is 0.381. The van der Waals surface area contributed by atoms with Crippen molar-refractivity contribution in [1.82, 2.24) is 9.97 Å². The molecule has 1 saturated heterocycles. The second-order valence-electron chi connectivity index (χ2n) is 7.61. The summed E-state index contributed by atoms with van der Waals surface area (Å²) in [6.45, 7) is 0.534. The standard InChI is InChI=1S/C21H22F3N5O4/c22-21(23,24)20(12-30)10-13-8-15(16(9-17(13)33-20)29-4-6-32-7-5-29)28-19(31)14(11-25)18-26-2-1-3-27-18/h1-3,8-9,11,30H,4-7,10,12,25H2,(H,28,31)/t20-/m0/s1. The molecule has 4 rings (SSSR count). The monoisotopic (exact) mass is 465 g/mol. The molecule has 2 aromatic rings. The Hall–Kier alpha value is -3.38. The van der Waals surface area contributed by atoms with E-state index >= 15 is 0 Å². The van der Waals surface area contributed by atoms with Gasteiger partial charge in [-0.25, -0.2) is 9.97 Å². The third kappa shape index (κ3) is 4.31. The number of aliphatic hydroxyl groups is 1. The Morgan fingerprint density at radius 3 is 2.58 bits per heavy atom. The second kappa shape index (κ2) is 8.87. The number of alkyl halides is 3. The summed E-state index contributed by atoms with van der Waals surface area (Å²) < 4.78 is 51.6. The third-order valence-corrected chi connectivity index (χ3v) is 5.55. The van der Waals surface area contributed by atoms with E-state index in [1.807, 2.05) is 4.90 Å². The lowest BCUT2D eigenvalue weighted by molar-refractivity contribution is -0.252. The zero-order valence-corrected chi connectivity index (χ0v) is 17.4. The summed E-state index contributed by atoms with van der Waals surface area (Å²) in [6, 6.07) is 4.46. The van der Waals surface area contributed by atoms with Crippen LogP contribution in [0.3, 0.4) is 0 Å². The predicted molar refractivity (Wildman–Crippen MR) is 113 cm³/mol. The molecule has 0 aliphatic carbocycles. The first-order chi connectivity index (χ1) is 15.8. The lowest BCUT2D eigenvalue weighted by atomic mass is 9.96. The minimum Gasteiger partial charge on any atom is -0.475 e. The van der Waals surface area contributed by atoms with E-state index in [-0.39, 0.29) is 28.4 Å². The fourth-order valence-corrected chi connectivity index (χ4v) is 3.78. The van der Waals surface area contributed by atoms with Gasteiger partial charge in [-0.3, -0.25) is 4.79 Å². The molecule has 1 amide bonds. The number of nitrogens with two attached hydrogens (primary N) is 1. The molecule has 0 saturated carbocycles. The Morgan fingerprint density at radius 1 is 1.27 bits per heavy atom. The van der Waals surface area contributed by atoms with Crippen LogP contribution in [0, 0.1) is 0 Å². The van der Waals surface area contributed by atoms with Crippen LogP contribution >= 0.6 is 0 Å². The SMILES string of the molecule is NC=C(C(=O)Nc1cc2c(cc1N1CCOCC1)O[C@@](CO)(C(F)(F)F)C2)c1ncccn1. The number of amides is 1. The first-order valence-corrected chi connectivity index (χ1v) is 10.1. The number of anilines is 2. The van der Waals surface area contributed by atoms with E-state index in [1.165, 1.54) is 24.5 Å². The van der Waals surface area contributed by atoms with E-state index in [4.69, 9.17) is 15.2 Å². The zero-order valence-electron chi connectivity index (χ0n) is 17.4. The lowest BCUT2D eigenvalue weighted by Crippen LogP contribution is -2.52. The maximum Gasteiger partial charge on any atom is 0.430 e. The number of morpholine rings is 1. The van der Waals surface area contributed by atoms with Gasteiger partial charge in [0.2, 0.25) is 5.60 Å². The first kappa shape index (κ1) is 22.8. The highest BCUT2D eigenvalue weighted by Crippen LogP contribution is 2.47. The maximum absolute atomic E-state index is 13.7. The third-order valence-electron chi connectivity index (χ3n) is 5.55. The molecule has 33 heavy (non-hydrogen) atoms. The van der Waals surface area contributed by atoms with Gasteiger partial charge in [-0.2, -0.15) is 13.2 Å². The van der Waals surface area contributed by atoms with Crippen LogP contribution in [0.2, 0.25) is 0 Å². The molecule has 0 bridgehead atoms. The van der Waals surface area contributed by atoms with Crippen LogP contribution in [-0.2, 0) is 16.0 Å². The summed E-state index contributed by atoms with van der Waals surface area (Å²) in [6.07, 6.45) is -1.40. The average molecular weight is 465 g/mol. The van der Waals surface area contributed by atoms with E-state index in [0.29, 0.717) is 32.0 Å². The molecule has 1 fully saturated rings. The molecular formula is C21H22F3N5O4. The molecule has 2 aliphatic rings. The second-order valence-corrected chi connectivity index (χ2v) is 7.61. The van der Waals surface area contributed by atoms with Gasteiger partial charge in [0.1, 0.15) is 5.75 Å². The van der Waals surface area contributed by atoms with Crippen molar-refractivity contribution in [2.75, 3.05) is 43.1 Å². The Balaban J connectivity index is 1.71. The van der Waals surface area contributed by atoms with Crippen LogP contribution in [0.5, 0.6) is 5.75 Å². The van der Waals surface area contributed by atoms with E-state index < -0.39 is 30.7 Å². The number of fused-ring (bicyclic) bond motifs is 1. The van der Waals surface area contributed by atoms with Crippen LogP contribution in [0.1, 0.15) is 11.4 Å². The molecule has 12 heteroatoms. The Morgan fingerprint density at radius 2 is 1.97 bits per heavy atom. The van der Waals surface area contributed by atoms with Crippen molar-refractivity contribution in [3.05, 3.63) is 48.2 Å². The van der Waals surface area contributed by atoms with Crippen molar-refractivity contribution in [2.24, 2.45) is 5.73 Å². The molecule has 176 valence electrons. The zero-order chi connectivity index (χ0) is 23.6. The number of halogens is 3. The Kier molecular flexibility index (Phi) is 6.13. The van der Waals surface area contributed by atoms with Gasteiger partial charge in [0, 0.05) is 49.7 Å². The van der Waals surface area contributed by atoms with Gasteiger partial charge >= 0.3 is 6.18 Å². The molecule has 0 unspecified atom stereocenters.